The highest BCUT2D eigenvalue weighted by atomic mass is 19.4. The van der Waals surface area contributed by atoms with E-state index in [0.29, 0.717) is 16.9 Å². The van der Waals surface area contributed by atoms with Crippen LogP contribution >= 0.6 is 0 Å². The van der Waals surface area contributed by atoms with E-state index >= 15 is 0 Å². The van der Waals surface area contributed by atoms with E-state index in [1.165, 1.54) is 38.3 Å². The molecule has 0 unspecified atom stereocenters. The second-order valence-electron chi connectivity index (χ2n) is 5.35. The summed E-state index contributed by atoms with van der Waals surface area (Å²) in [7, 11) is 1.41. The molecule has 5 nitrogen and oxygen atoms in total. The molecule has 0 aromatic heterocycles. The van der Waals surface area contributed by atoms with Gasteiger partial charge in [-0.1, -0.05) is 12.1 Å². The van der Waals surface area contributed by atoms with Gasteiger partial charge in [0.15, 0.2) is 11.5 Å². The molecule has 0 aliphatic rings. The molecule has 0 saturated carbocycles. The number of rotatable bonds is 6. The normalized spacial score (nSPS) is 11.0. The van der Waals surface area contributed by atoms with Crippen LogP contribution in [-0.4, -0.2) is 25.2 Å². The smallest absolute Gasteiger partial charge is 0.496 e. The van der Waals surface area contributed by atoms with Crippen LogP contribution in [-0.2, 0) is 11.2 Å². The minimum absolute atomic E-state index is 0.114. The first-order valence-corrected chi connectivity index (χ1v) is 7.52. The van der Waals surface area contributed by atoms with Gasteiger partial charge in [0.1, 0.15) is 5.75 Å². The number of para-hydroxylation sites is 2. The average molecular weight is 367 g/mol. The van der Waals surface area contributed by atoms with Crippen molar-refractivity contribution in [3.63, 3.8) is 0 Å². The molecule has 138 valence electrons. The Morgan fingerprint density at radius 2 is 1.77 bits per heavy atom. The molecule has 2 aromatic rings. The Labute approximate surface area is 147 Å². The first-order valence-electron chi connectivity index (χ1n) is 7.52. The third-order valence-corrected chi connectivity index (χ3v) is 3.42. The van der Waals surface area contributed by atoms with Crippen molar-refractivity contribution < 1.29 is 32.2 Å². The van der Waals surface area contributed by atoms with Gasteiger partial charge in [-0.3, -0.25) is 9.59 Å². The lowest BCUT2D eigenvalue weighted by Gasteiger charge is -2.14. The molecule has 2 rings (SSSR count). The minimum Gasteiger partial charge on any atom is -0.496 e. The highest BCUT2D eigenvalue weighted by molar-refractivity contribution is 5.96. The first-order chi connectivity index (χ1) is 12.2. The second kappa shape index (κ2) is 7.90. The zero-order chi connectivity index (χ0) is 19.3. The molecule has 1 N–H and O–H groups in total. The SMILES string of the molecule is COc1ccc(C(C)=O)cc1CC(=O)Nc1ccccc1OC(F)(F)F. The number of benzene rings is 2. The fraction of sp³-hybridized carbons (Fsp3) is 0.222. The Hall–Kier alpha value is -3.03. The van der Waals surface area contributed by atoms with Crippen LogP contribution in [0.1, 0.15) is 22.8 Å². The molecule has 0 fully saturated rings. The number of amides is 1. The third kappa shape index (κ3) is 5.23. The molecule has 0 atom stereocenters. The maximum Gasteiger partial charge on any atom is 0.573 e. The van der Waals surface area contributed by atoms with E-state index in [4.69, 9.17) is 4.74 Å². The molecular weight excluding hydrogens is 351 g/mol. The van der Waals surface area contributed by atoms with Crippen LogP contribution in [0, 0.1) is 0 Å². The number of ether oxygens (including phenoxy) is 2. The van der Waals surface area contributed by atoms with E-state index in [1.807, 2.05) is 0 Å². The number of carbonyl (C=O) groups is 2. The Morgan fingerprint density at radius 1 is 1.08 bits per heavy atom. The van der Waals surface area contributed by atoms with Crippen molar-refractivity contribution in [2.24, 2.45) is 0 Å². The molecule has 0 heterocycles. The van der Waals surface area contributed by atoms with Crippen LogP contribution in [0.5, 0.6) is 11.5 Å². The van der Waals surface area contributed by atoms with Crippen LogP contribution in [0.4, 0.5) is 18.9 Å². The van der Waals surface area contributed by atoms with E-state index in [1.54, 1.807) is 12.1 Å². The Kier molecular flexibility index (Phi) is 5.86. The van der Waals surface area contributed by atoms with Gasteiger partial charge in [-0.15, -0.1) is 13.2 Å². The number of halogens is 3. The maximum absolute atomic E-state index is 12.4. The average Bonchev–Trinajstić information content (AvgIpc) is 2.55. The van der Waals surface area contributed by atoms with E-state index in [9.17, 15) is 22.8 Å². The number of Topliss-reactive ketones (excluding diaryl/α,β-unsaturated/α-hetero) is 1. The van der Waals surface area contributed by atoms with Crippen molar-refractivity contribution in [1.29, 1.82) is 0 Å². The Bertz CT molecular complexity index is 818. The Morgan fingerprint density at radius 3 is 2.38 bits per heavy atom. The van der Waals surface area contributed by atoms with Crippen LogP contribution in [0.2, 0.25) is 0 Å². The van der Waals surface area contributed by atoms with E-state index in [2.05, 4.69) is 10.1 Å². The number of anilines is 1. The lowest BCUT2D eigenvalue weighted by molar-refractivity contribution is -0.274. The molecule has 1 amide bonds. The second-order valence-corrected chi connectivity index (χ2v) is 5.35. The van der Waals surface area contributed by atoms with Crippen molar-refractivity contribution in [3.05, 3.63) is 53.6 Å². The van der Waals surface area contributed by atoms with Gasteiger partial charge in [0.05, 0.1) is 19.2 Å². The van der Waals surface area contributed by atoms with Gasteiger partial charge in [0.25, 0.3) is 0 Å². The van der Waals surface area contributed by atoms with Crippen molar-refractivity contribution in [2.75, 3.05) is 12.4 Å². The molecule has 0 aliphatic heterocycles. The predicted octanol–water partition coefficient (Wildman–Crippen LogP) is 3.98. The summed E-state index contributed by atoms with van der Waals surface area (Å²) in [6.07, 6.45) is -5.06. The lowest BCUT2D eigenvalue weighted by atomic mass is 10.0. The van der Waals surface area contributed by atoms with Crippen LogP contribution < -0.4 is 14.8 Å². The summed E-state index contributed by atoms with van der Waals surface area (Å²) in [5, 5.41) is 2.38. The molecule has 2 aromatic carbocycles. The van der Waals surface area contributed by atoms with E-state index in [0.717, 1.165) is 6.07 Å². The molecule has 0 saturated heterocycles. The van der Waals surface area contributed by atoms with E-state index < -0.39 is 18.0 Å². The molecule has 26 heavy (non-hydrogen) atoms. The quantitative estimate of drug-likeness (QED) is 0.785. The summed E-state index contributed by atoms with van der Waals surface area (Å²) in [6, 6.07) is 9.85. The number of alkyl halides is 3. The van der Waals surface area contributed by atoms with Crippen molar-refractivity contribution in [1.82, 2.24) is 0 Å². The monoisotopic (exact) mass is 367 g/mol. The predicted molar refractivity (Wildman–Crippen MR) is 88.5 cm³/mol. The minimum atomic E-state index is -4.88. The lowest BCUT2D eigenvalue weighted by Crippen LogP contribution is -2.20. The van der Waals surface area contributed by atoms with Gasteiger partial charge < -0.3 is 14.8 Å². The summed E-state index contributed by atoms with van der Waals surface area (Å²) in [4.78, 5) is 23.7. The van der Waals surface area contributed by atoms with Gasteiger partial charge in [-0.25, -0.2) is 0 Å². The Balaban J connectivity index is 2.20. The first kappa shape index (κ1) is 19.3. The van der Waals surface area contributed by atoms with Crippen molar-refractivity contribution >= 4 is 17.4 Å². The maximum atomic E-state index is 12.4. The number of hydrogen-bond acceptors (Lipinski definition) is 4. The van der Waals surface area contributed by atoms with Gasteiger partial charge in [-0.2, -0.15) is 0 Å². The molecule has 0 bridgehead atoms. The molecule has 0 aliphatic carbocycles. The zero-order valence-electron chi connectivity index (χ0n) is 14.0. The standard InChI is InChI=1S/C18H16F3NO4/c1-11(23)12-7-8-15(25-2)13(9-12)10-17(24)22-14-5-3-4-6-16(14)26-18(19,20)21/h3-9H,10H2,1-2H3,(H,22,24). The van der Waals surface area contributed by atoms with Crippen molar-refractivity contribution in [3.8, 4) is 11.5 Å². The molecule has 8 heteroatoms. The molecule has 0 radical (unpaired) electrons. The summed E-state index contributed by atoms with van der Waals surface area (Å²) in [5.74, 6) is -0.886. The highest BCUT2D eigenvalue weighted by Crippen LogP contribution is 2.30. The van der Waals surface area contributed by atoms with Crippen LogP contribution in [0.25, 0.3) is 0 Å². The van der Waals surface area contributed by atoms with Gasteiger partial charge in [0, 0.05) is 11.1 Å². The summed E-state index contributed by atoms with van der Waals surface area (Å²) in [6.45, 7) is 1.39. The summed E-state index contributed by atoms with van der Waals surface area (Å²) < 4.78 is 46.4. The van der Waals surface area contributed by atoms with E-state index in [-0.39, 0.29) is 17.9 Å². The number of nitrogens with one attached hydrogen (secondary N) is 1. The van der Waals surface area contributed by atoms with Gasteiger partial charge in [0.2, 0.25) is 5.91 Å². The molecular formula is C18H16F3NO4. The van der Waals surface area contributed by atoms with Gasteiger partial charge in [-0.05, 0) is 37.3 Å². The topological polar surface area (TPSA) is 64.6 Å². The third-order valence-electron chi connectivity index (χ3n) is 3.42. The van der Waals surface area contributed by atoms with Gasteiger partial charge >= 0.3 is 6.36 Å². The van der Waals surface area contributed by atoms with Crippen LogP contribution in [0.15, 0.2) is 42.5 Å². The number of methoxy groups -OCH3 is 1. The zero-order valence-corrected chi connectivity index (χ0v) is 14.0. The fourth-order valence-electron chi connectivity index (χ4n) is 2.29. The highest BCUT2D eigenvalue weighted by Gasteiger charge is 2.32. The molecule has 0 spiro atoms. The number of ketones is 1. The summed E-state index contributed by atoms with van der Waals surface area (Å²) >= 11 is 0. The largest absolute Gasteiger partial charge is 0.573 e. The number of hydrogen-bond donors (Lipinski definition) is 1. The van der Waals surface area contributed by atoms with Crippen LogP contribution in [0.3, 0.4) is 0 Å². The van der Waals surface area contributed by atoms with Crippen molar-refractivity contribution in [2.45, 2.75) is 19.7 Å². The fourth-order valence-corrected chi connectivity index (χ4v) is 2.29. The number of carbonyl (C=O) groups excluding carboxylic acids is 2. The summed E-state index contributed by atoms with van der Waals surface area (Å²) in [5.41, 5.74) is 0.720.